The van der Waals surface area contributed by atoms with Crippen molar-refractivity contribution in [3.63, 3.8) is 0 Å². The molecule has 2 aromatic carbocycles. The highest BCUT2D eigenvalue weighted by atomic mass is 19.1. The van der Waals surface area contributed by atoms with Gasteiger partial charge in [-0.05, 0) is 36.0 Å². The molecule has 2 N–H and O–H groups in total. The lowest BCUT2D eigenvalue weighted by Gasteiger charge is -2.30. The molecule has 142 valence electrons. The molecule has 1 fully saturated rings. The molecule has 7 heteroatoms. The fraction of sp³-hybridized carbons (Fsp3) is 0.300. The van der Waals surface area contributed by atoms with Crippen molar-refractivity contribution in [1.29, 1.82) is 0 Å². The van der Waals surface area contributed by atoms with E-state index in [0.717, 1.165) is 5.56 Å². The third-order valence-corrected chi connectivity index (χ3v) is 4.68. The van der Waals surface area contributed by atoms with E-state index >= 15 is 0 Å². The topological polar surface area (TPSA) is 78.9 Å². The molecule has 0 saturated carbocycles. The Kier molecular flexibility index (Phi) is 5.90. The number of hydrogen-bond acceptors (Lipinski definition) is 3. The monoisotopic (exact) mass is 372 g/mol. The summed E-state index contributed by atoms with van der Waals surface area (Å²) >= 11 is 0. The Morgan fingerprint density at radius 1 is 1.11 bits per heavy atom. The van der Waals surface area contributed by atoms with Crippen molar-refractivity contribution in [3.05, 3.63) is 65.5 Å². The van der Waals surface area contributed by atoms with E-state index < -0.39 is 18.0 Å². The van der Waals surface area contributed by atoms with Gasteiger partial charge in [0.05, 0.1) is 5.69 Å². The number of piperidine rings is 1. The van der Waals surface area contributed by atoms with Crippen LogP contribution in [0.3, 0.4) is 0 Å². The van der Waals surface area contributed by atoms with Gasteiger partial charge in [0, 0.05) is 13.1 Å². The van der Waals surface area contributed by atoms with Gasteiger partial charge in [0.25, 0.3) is 0 Å². The van der Waals surface area contributed by atoms with E-state index in [4.69, 9.17) is 9.84 Å². The average Bonchev–Trinajstić information content (AvgIpc) is 2.69. The van der Waals surface area contributed by atoms with Crippen molar-refractivity contribution in [2.45, 2.75) is 25.4 Å². The maximum absolute atomic E-state index is 14.8. The Hall–Kier alpha value is -3.09. The highest BCUT2D eigenvalue weighted by molar-refractivity contribution is 5.84. The second-order valence-electron chi connectivity index (χ2n) is 6.44. The summed E-state index contributed by atoms with van der Waals surface area (Å²) < 4.78 is 20.0. The minimum absolute atomic E-state index is 0.0613. The fourth-order valence-corrected chi connectivity index (χ4v) is 3.21. The number of benzene rings is 2. The van der Waals surface area contributed by atoms with E-state index in [1.807, 2.05) is 30.3 Å². The number of nitrogens with one attached hydrogen (secondary N) is 1. The fourth-order valence-electron chi connectivity index (χ4n) is 3.21. The van der Waals surface area contributed by atoms with E-state index in [1.54, 1.807) is 12.1 Å². The van der Waals surface area contributed by atoms with Gasteiger partial charge in [0.1, 0.15) is 12.4 Å². The second kappa shape index (κ2) is 8.53. The van der Waals surface area contributed by atoms with Gasteiger partial charge >= 0.3 is 12.2 Å². The maximum Gasteiger partial charge on any atom is 0.412 e. The molecule has 2 amide bonds. The van der Waals surface area contributed by atoms with Crippen LogP contribution in [0.15, 0.2) is 48.5 Å². The van der Waals surface area contributed by atoms with Gasteiger partial charge in [-0.15, -0.1) is 0 Å². The van der Waals surface area contributed by atoms with Crippen molar-refractivity contribution in [2.24, 2.45) is 0 Å². The Labute approximate surface area is 156 Å². The van der Waals surface area contributed by atoms with E-state index in [2.05, 4.69) is 5.32 Å². The molecule has 0 aliphatic carbocycles. The number of carbonyl (C=O) groups is 2. The van der Waals surface area contributed by atoms with Crippen molar-refractivity contribution in [1.82, 2.24) is 4.90 Å². The van der Waals surface area contributed by atoms with Gasteiger partial charge < -0.3 is 14.7 Å². The van der Waals surface area contributed by atoms with Crippen molar-refractivity contribution in [2.75, 3.05) is 18.4 Å². The van der Waals surface area contributed by atoms with Gasteiger partial charge in [0.15, 0.2) is 0 Å². The van der Waals surface area contributed by atoms with Gasteiger partial charge in [-0.25, -0.2) is 14.0 Å². The summed E-state index contributed by atoms with van der Waals surface area (Å²) in [6.45, 7) is 0.841. The van der Waals surface area contributed by atoms with E-state index in [1.165, 1.54) is 11.0 Å². The summed E-state index contributed by atoms with van der Waals surface area (Å²) in [4.78, 5) is 24.3. The number of amides is 2. The lowest BCUT2D eigenvalue weighted by molar-refractivity contribution is 0.131. The Bertz CT molecular complexity index is 805. The summed E-state index contributed by atoms with van der Waals surface area (Å²) in [7, 11) is 0. The third-order valence-electron chi connectivity index (χ3n) is 4.68. The Morgan fingerprint density at radius 3 is 2.48 bits per heavy atom. The first-order valence-corrected chi connectivity index (χ1v) is 8.78. The molecule has 0 radical (unpaired) electrons. The number of hydrogen-bond donors (Lipinski definition) is 2. The standard InChI is InChI=1S/C20H21FN2O4/c21-18-16(15-9-11-23(12-10-15)20(25)26)7-4-8-17(18)22-19(24)27-13-14-5-2-1-3-6-14/h1-8,15H,9-13H2,(H,22,24)(H,25,26). The zero-order valence-electron chi connectivity index (χ0n) is 14.7. The molecule has 0 unspecified atom stereocenters. The predicted molar refractivity (Wildman–Crippen MR) is 98.2 cm³/mol. The first-order valence-electron chi connectivity index (χ1n) is 8.78. The molecule has 27 heavy (non-hydrogen) atoms. The molecule has 2 aromatic rings. The van der Waals surface area contributed by atoms with Crippen LogP contribution >= 0.6 is 0 Å². The molecular formula is C20H21FN2O4. The summed E-state index contributed by atoms with van der Waals surface area (Å²) in [5.74, 6) is -0.578. The lowest BCUT2D eigenvalue weighted by Crippen LogP contribution is -2.37. The molecular weight excluding hydrogens is 351 g/mol. The SMILES string of the molecule is O=C(Nc1cccc(C2CCN(C(=O)O)CC2)c1F)OCc1ccccc1. The van der Waals surface area contributed by atoms with Gasteiger partial charge in [-0.3, -0.25) is 5.32 Å². The average molecular weight is 372 g/mol. The number of anilines is 1. The number of nitrogens with zero attached hydrogens (tertiary/aromatic N) is 1. The van der Waals surface area contributed by atoms with E-state index in [0.29, 0.717) is 31.5 Å². The molecule has 0 spiro atoms. The largest absolute Gasteiger partial charge is 0.465 e. The van der Waals surface area contributed by atoms with Crippen LogP contribution in [0.2, 0.25) is 0 Å². The number of carbonyl (C=O) groups excluding carboxylic acids is 1. The molecule has 6 nitrogen and oxygen atoms in total. The Balaban J connectivity index is 1.61. The van der Waals surface area contributed by atoms with Crippen molar-refractivity contribution in [3.8, 4) is 0 Å². The third kappa shape index (κ3) is 4.75. The zero-order valence-corrected chi connectivity index (χ0v) is 14.7. The smallest absolute Gasteiger partial charge is 0.412 e. The summed E-state index contributed by atoms with van der Waals surface area (Å²) in [6.07, 6.45) is -0.586. The van der Waals surface area contributed by atoms with Crippen LogP contribution in [0.25, 0.3) is 0 Å². The molecule has 1 saturated heterocycles. The molecule has 0 bridgehead atoms. The first kappa shape index (κ1) is 18.7. The summed E-state index contributed by atoms with van der Waals surface area (Å²) in [5, 5.41) is 11.5. The quantitative estimate of drug-likeness (QED) is 0.832. The van der Waals surface area contributed by atoms with Crippen LogP contribution in [-0.4, -0.2) is 35.3 Å². The van der Waals surface area contributed by atoms with Crippen molar-refractivity contribution < 1.29 is 23.8 Å². The molecule has 0 atom stereocenters. The van der Waals surface area contributed by atoms with Gasteiger partial charge in [-0.2, -0.15) is 0 Å². The lowest BCUT2D eigenvalue weighted by atomic mass is 9.89. The van der Waals surface area contributed by atoms with Crippen LogP contribution < -0.4 is 5.32 Å². The number of likely N-dealkylation sites (tertiary alicyclic amines) is 1. The second-order valence-corrected chi connectivity index (χ2v) is 6.44. The number of rotatable bonds is 4. The summed E-state index contributed by atoms with van der Waals surface area (Å²) in [5.41, 5.74) is 1.39. The Morgan fingerprint density at radius 2 is 1.81 bits per heavy atom. The highest BCUT2D eigenvalue weighted by Crippen LogP contribution is 2.32. The zero-order chi connectivity index (χ0) is 19.2. The molecule has 3 rings (SSSR count). The predicted octanol–water partition coefficient (Wildman–Crippen LogP) is 4.43. The molecule has 1 aliphatic heterocycles. The van der Waals surface area contributed by atoms with Crippen molar-refractivity contribution >= 4 is 17.9 Å². The van der Waals surface area contributed by atoms with Crippen LogP contribution in [0.1, 0.15) is 29.9 Å². The van der Waals surface area contributed by atoms with E-state index in [-0.39, 0.29) is 18.2 Å². The highest BCUT2D eigenvalue weighted by Gasteiger charge is 2.26. The van der Waals surface area contributed by atoms with Crippen LogP contribution in [0, 0.1) is 5.82 Å². The normalized spacial score (nSPS) is 14.6. The van der Waals surface area contributed by atoms with Crippen LogP contribution in [-0.2, 0) is 11.3 Å². The number of carboxylic acid groups (broad SMARTS) is 1. The minimum Gasteiger partial charge on any atom is -0.465 e. The first-order chi connectivity index (χ1) is 13.0. The number of halogens is 1. The van der Waals surface area contributed by atoms with E-state index in [9.17, 15) is 14.0 Å². The van der Waals surface area contributed by atoms with Crippen LogP contribution in [0.4, 0.5) is 19.7 Å². The molecule has 1 heterocycles. The number of ether oxygens (including phenoxy) is 1. The van der Waals surface area contributed by atoms with Gasteiger partial charge in [-0.1, -0.05) is 42.5 Å². The molecule has 0 aromatic heterocycles. The summed E-state index contributed by atoms with van der Waals surface area (Å²) in [6, 6.07) is 14.0. The molecule has 1 aliphatic rings. The van der Waals surface area contributed by atoms with Crippen LogP contribution in [0.5, 0.6) is 0 Å². The maximum atomic E-state index is 14.8. The minimum atomic E-state index is -0.953. The van der Waals surface area contributed by atoms with Gasteiger partial charge in [0.2, 0.25) is 0 Å².